The number of carbonyl (C=O) groups excluding carboxylic acids is 3. The third-order valence-corrected chi connectivity index (χ3v) is 5.88. The summed E-state index contributed by atoms with van der Waals surface area (Å²) in [5, 5.41) is 3.20. The van der Waals surface area contributed by atoms with Crippen LogP contribution in [0.2, 0.25) is 5.02 Å². The summed E-state index contributed by atoms with van der Waals surface area (Å²) in [6, 6.07) is 12.4. The molecule has 162 valence electrons. The van der Waals surface area contributed by atoms with E-state index in [1.807, 2.05) is 12.1 Å². The van der Waals surface area contributed by atoms with Crippen LogP contribution >= 0.6 is 24.2 Å². The van der Waals surface area contributed by atoms with Crippen LogP contribution in [0.15, 0.2) is 47.4 Å². The van der Waals surface area contributed by atoms with Crippen molar-refractivity contribution in [2.75, 3.05) is 22.9 Å². The Morgan fingerprint density at radius 3 is 2.58 bits per heavy atom. The Bertz CT molecular complexity index is 1030. The fourth-order valence-electron chi connectivity index (χ4n) is 3.61. The second-order valence-electron chi connectivity index (χ2n) is 7.62. The van der Waals surface area contributed by atoms with E-state index in [1.165, 1.54) is 4.90 Å². The molecular weight excluding hydrogens is 438 g/mol. The summed E-state index contributed by atoms with van der Waals surface area (Å²) in [6.07, 6.45) is 1.06. The molecular formula is C22H22ClN3O4S. The molecule has 2 aromatic rings. The SMILES string of the molecule is CC(=O)N(c1ccc(N2C[C@@H](CNC(=O)c3cc(Cl)ccc3S)OC2=O)cc1)C1CC1. The van der Waals surface area contributed by atoms with Gasteiger partial charge < -0.3 is 15.0 Å². The predicted octanol–water partition coefficient (Wildman–Crippen LogP) is 3.90. The topological polar surface area (TPSA) is 79.0 Å². The normalized spacial score (nSPS) is 18.0. The van der Waals surface area contributed by atoms with Crippen LogP contribution in [0.4, 0.5) is 16.2 Å². The molecule has 0 aromatic heterocycles. The Hall–Kier alpha value is -2.71. The molecule has 2 fully saturated rings. The van der Waals surface area contributed by atoms with Gasteiger partial charge in [0.1, 0.15) is 6.10 Å². The second kappa shape index (κ2) is 8.80. The van der Waals surface area contributed by atoms with Gasteiger partial charge in [0.2, 0.25) is 5.91 Å². The highest BCUT2D eigenvalue weighted by Gasteiger charge is 2.34. The Kier molecular flexibility index (Phi) is 6.11. The zero-order chi connectivity index (χ0) is 22.1. The number of rotatable bonds is 6. The number of cyclic esters (lactones) is 1. The van der Waals surface area contributed by atoms with Crippen LogP contribution in [0, 0.1) is 0 Å². The number of thiol groups is 1. The summed E-state index contributed by atoms with van der Waals surface area (Å²) in [6.45, 7) is 2.03. The standard InChI is InChI=1S/C22H22ClN3O4S/c1-13(27)26(17-7-8-17)16-5-3-15(4-6-16)25-12-18(30-22(25)29)11-24-21(28)19-10-14(23)2-9-20(19)31/h2-6,9-10,17-18,31H,7-8,11-12H2,1H3,(H,24,28)/t18-/m1/s1. The van der Waals surface area contributed by atoms with Gasteiger partial charge in [-0.25, -0.2) is 4.79 Å². The highest BCUT2D eigenvalue weighted by Crippen LogP contribution is 2.33. The maximum absolute atomic E-state index is 12.4. The lowest BCUT2D eigenvalue weighted by atomic mass is 10.2. The van der Waals surface area contributed by atoms with Crippen molar-refractivity contribution < 1.29 is 19.1 Å². The van der Waals surface area contributed by atoms with Gasteiger partial charge in [-0.2, -0.15) is 0 Å². The van der Waals surface area contributed by atoms with Gasteiger partial charge in [0.15, 0.2) is 0 Å². The maximum atomic E-state index is 12.4. The van der Waals surface area contributed by atoms with Gasteiger partial charge in [-0.05, 0) is 55.3 Å². The summed E-state index contributed by atoms with van der Waals surface area (Å²) in [5.74, 6) is -0.327. The lowest BCUT2D eigenvalue weighted by molar-refractivity contribution is -0.116. The molecule has 1 aliphatic carbocycles. The zero-order valence-electron chi connectivity index (χ0n) is 16.9. The van der Waals surface area contributed by atoms with Crippen molar-refractivity contribution in [1.29, 1.82) is 0 Å². The van der Waals surface area contributed by atoms with Crippen LogP contribution in [0.5, 0.6) is 0 Å². The van der Waals surface area contributed by atoms with E-state index in [1.54, 1.807) is 42.2 Å². The number of halogens is 1. The molecule has 1 atom stereocenters. The number of hydrogen-bond donors (Lipinski definition) is 2. The predicted molar refractivity (Wildman–Crippen MR) is 121 cm³/mol. The van der Waals surface area contributed by atoms with Gasteiger partial charge in [-0.1, -0.05) is 11.6 Å². The van der Waals surface area contributed by atoms with Crippen molar-refractivity contribution in [1.82, 2.24) is 5.32 Å². The molecule has 1 saturated heterocycles. The summed E-state index contributed by atoms with van der Waals surface area (Å²) in [4.78, 5) is 40.5. The van der Waals surface area contributed by atoms with Crippen LogP contribution < -0.4 is 15.1 Å². The Labute approximate surface area is 190 Å². The summed E-state index contributed by atoms with van der Waals surface area (Å²) in [7, 11) is 0. The third kappa shape index (κ3) is 4.80. The second-order valence-corrected chi connectivity index (χ2v) is 8.54. The first-order valence-corrected chi connectivity index (χ1v) is 10.8. The molecule has 7 nitrogen and oxygen atoms in total. The fraction of sp³-hybridized carbons (Fsp3) is 0.318. The first-order valence-electron chi connectivity index (χ1n) is 9.98. The molecule has 2 aliphatic rings. The van der Waals surface area contributed by atoms with E-state index in [4.69, 9.17) is 16.3 Å². The Morgan fingerprint density at radius 2 is 1.94 bits per heavy atom. The molecule has 0 bridgehead atoms. The first kappa shape index (κ1) is 21.5. The molecule has 3 amide bonds. The molecule has 1 heterocycles. The van der Waals surface area contributed by atoms with Crippen molar-refractivity contribution >= 4 is 53.5 Å². The van der Waals surface area contributed by atoms with Crippen LogP contribution in [0.25, 0.3) is 0 Å². The number of anilines is 2. The van der Waals surface area contributed by atoms with E-state index < -0.39 is 12.2 Å². The highest BCUT2D eigenvalue weighted by atomic mass is 35.5. The number of carbonyl (C=O) groups is 3. The molecule has 9 heteroatoms. The third-order valence-electron chi connectivity index (χ3n) is 5.26. The highest BCUT2D eigenvalue weighted by molar-refractivity contribution is 7.80. The van der Waals surface area contributed by atoms with Crippen molar-refractivity contribution in [2.45, 2.75) is 36.8 Å². The van der Waals surface area contributed by atoms with Gasteiger partial charge in [0.05, 0.1) is 18.7 Å². The molecule has 2 aromatic carbocycles. The van der Waals surface area contributed by atoms with Crippen LogP contribution in [0.1, 0.15) is 30.1 Å². The largest absolute Gasteiger partial charge is 0.442 e. The molecule has 1 aliphatic heterocycles. The molecule has 0 unspecified atom stereocenters. The minimum atomic E-state index is -0.487. The molecule has 0 radical (unpaired) electrons. The van der Waals surface area contributed by atoms with E-state index in [0.717, 1.165) is 18.5 Å². The van der Waals surface area contributed by atoms with Crippen LogP contribution in [-0.4, -0.2) is 43.1 Å². The van der Waals surface area contributed by atoms with Crippen molar-refractivity contribution in [2.24, 2.45) is 0 Å². The van der Waals surface area contributed by atoms with Gasteiger partial charge >= 0.3 is 6.09 Å². The number of nitrogens with one attached hydrogen (secondary N) is 1. The Morgan fingerprint density at radius 1 is 1.23 bits per heavy atom. The minimum absolute atomic E-state index is 0.00992. The zero-order valence-corrected chi connectivity index (χ0v) is 18.5. The van der Waals surface area contributed by atoms with Crippen molar-refractivity contribution in [3.63, 3.8) is 0 Å². The summed E-state index contributed by atoms with van der Waals surface area (Å²) < 4.78 is 5.40. The number of hydrogen-bond acceptors (Lipinski definition) is 5. The van der Waals surface area contributed by atoms with E-state index in [-0.39, 0.29) is 24.4 Å². The van der Waals surface area contributed by atoms with Gasteiger partial charge in [0.25, 0.3) is 5.91 Å². The van der Waals surface area contributed by atoms with Crippen LogP contribution in [0.3, 0.4) is 0 Å². The number of benzene rings is 2. The lowest BCUT2D eigenvalue weighted by Gasteiger charge is -2.22. The van der Waals surface area contributed by atoms with Crippen molar-refractivity contribution in [3.8, 4) is 0 Å². The quantitative estimate of drug-likeness (QED) is 0.642. The van der Waals surface area contributed by atoms with Gasteiger partial charge in [-0.3, -0.25) is 14.5 Å². The molecule has 1 saturated carbocycles. The molecule has 1 N–H and O–H groups in total. The number of ether oxygens (including phenoxy) is 1. The van der Waals surface area contributed by atoms with Crippen LogP contribution in [-0.2, 0) is 9.53 Å². The van der Waals surface area contributed by atoms with E-state index in [2.05, 4.69) is 17.9 Å². The van der Waals surface area contributed by atoms with E-state index in [9.17, 15) is 14.4 Å². The van der Waals surface area contributed by atoms with Gasteiger partial charge in [0, 0.05) is 34.3 Å². The minimum Gasteiger partial charge on any atom is -0.442 e. The molecule has 4 rings (SSSR count). The fourth-order valence-corrected chi connectivity index (χ4v) is 4.02. The molecule has 0 spiro atoms. The number of nitrogens with zero attached hydrogens (tertiary/aromatic N) is 2. The van der Waals surface area contributed by atoms with E-state index >= 15 is 0 Å². The van der Waals surface area contributed by atoms with E-state index in [0.29, 0.717) is 27.7 Å². The average molecular weight is 460 g/mol. The van der Waals surface area contributed by atoms with Gasteiger partial charge in [-0.15, -0.1) is 12.6 Å². The Balaban J connectivity index is 1.37. The number of amides is 3. The maximum Gasteiger partial charge on any atom is 0.414 e. The monoisotopic (exact) mass is 459 g/mol. The lowest BCUT2D eigenvalue weighted by Crippen LogP contribution is -2.34. The average Bonchev–Trinajstić information content (AvgIpc) is 3.49. The van der Waals surface area contributed by atoms with Crippen molar-refractivity contribution in [3.05, 3.63) is 53.1 Å². The summed E-state index contributed by atoms with van der Waals surface area (Å²) in [5.41, 5.74) is 1.85. The first-order chi connectivity index (χ1) is 14.8. The molecule has 31 heavy (non-hydrogen) atoms. The summed E-state index contributed by atoms with van der Waals surface area (Å²) >= 11 is 10.2. The smallest absolute Gasteiger partial charge is 0.414 e.